The molecule has 0 saturated carbocycles. The predicted molar refractivity (Wildman–Crippen MR) is 117 cm³/mol. The maximum absolute atomic E-state index is 12.8. The minimum absolute atomic E-state index is 0.0545. The number of rotatable bonds is 9. The molecule has 0 aromatic heterocycles. The zero-order valence-electron chi connectivity index (χ0n) is 18.1. The first-order valence-corrected chi connectivity index (χ1v) is 10.5. The number of benzene rings is 2. The molecule has 2 aromatic rings. The second-order valence-corrected chi connectivity index (χ2v) is 7.62. The summed E-state index contributed by atoms with van der Waals surface area (Å²) in [5, 5.41) is 3.16. The van der Waals surface area contributed by atoms with E-state index in [1.165, 1.54) is 0 Å². The van der Waals surface area contributed by atoms with Crippen molar-refractivity contribution < 1.29 is 19.0 Å². The van der Waals surface area contributed by atoms with Crippen molar-refractivity contribution in [3.05, 3.63) is 54.1 Å². The maximum Gasteiger partial charge on any atom is 0.223 e. The molecule has 0 radical (unpaired) electrons. The number of nitrogens with zero attached hydrogens (tertiary/aromatic N) is 1. The Morgan fingerprint density at radius 3 is 2.43 bits per heavy atom. The Bertz CT molecular complexity index is 804. The zero-order valence-corrected chi connectivity index (χ0v) is 18.1. The molecular weight excluding hydrogens is 380 g/mol. The quantitative estimate of drug-likeness (QED) is 0.681. The molecule has 1 heterocycles. The fourth-order valence-electron chi connectivity index (χ4n) is 3.76. The third-order valence-corrected chi connectivity index (χ3v) is 5.64. The highest BCUT2D eigenvalue weighted by Crippen LogP contribution is 2.30. The Labute approximate surface area is 179 Å². The van der Waals surface area contributed by atoms with Gasteiger partial charge < -0.3 is 19.5 Å². The molecule has 1 saturated heterocycles. The molecule has 30 heavy (non-hydrogen) atoms. The van der Waals surface area contributed by atoms with Gasteiger partial charge in [0, 0.05) is 12.5 Å². The normalized spacial score (nSPS) is 16.0. The van der Waals surface area contributed by atoms with Crippen LogP contribution < -0.4 is 19.5 Å². The lowest BCUT2D eigenvalue weighted by Gasteiger charge is -2.31. The fraction of sp³-hybridized carbons (Fsp3) is 0.458. The van der Waals surface area contributed by atoms with E-state index in [2.05, 4.69) is 10.2 Å². The van der Waals surface area contributed by atoms with E-state index in [1.807, 2.05) is 55.5 Å². The molecule has 1 atom stereocenters. The molecule has 1 aliphatic heterocycles. The van der Waals surface area contributed by atoms with Crippen LogP contribution in [0.5, 0.6) is 17.2 Å². The largest absolute Gasteiger partial charge is 0.493 e. The molecule has 1 unspecified atom stereocenters. The lowest BCUT2D eigenvalue weighted by atomic mass is 9.95. The Morgan fingerprint density at radius 2 is 1.77 bits per heavy atom. The Kier molecular flexibility index (Phi) is 7.97. The van der Waals surface area contributed by atoms with Crippen molar-refractivity contribution in [3.8, 4) is 17.2 Å². The summed E-state index contributed by atoms with van der Waals surface area (Å²) < 4.78 is 16.4. The summed E-state index contributed by atoms with van der Waals surface area (Å²) in [6.45, 7) is 5.37. The molecule has 1 aliphatic rings. The lowest BCUT2D eigenvalue weighted by Crippen LogP contribution is -2.42. The molecule has 0 bridgehead atoms. The highest BCUT2D eigenvalue weighted by atomic mass is 16.5. The summed E-state index contributed by atoms with van der Waals surface area (Å²) in [6.07, 6.45) is 1.74. The summed E-state index contributed by atoms with van der Waals surface area (Å²) >= 11 is 0. The molecule has 0 spiro atoms. The Hall–Kier alpha value is -2.73. The number of hydrogen-bond donors (Lipinski definition) is 1. The van der Waals surface area contributed by atoms with Gasteiger partial charge in [-0.05, 0) is 62.7 Å². The van der Waals surface area contributed by atoms with Crippen molar-refractivity contribution >= 4 is 5.91 Å². The lowest BCUT2D eigenvalue weighted by molar-refractivity contribution is -0.127. The summed E-state index contributed by atoms with van der Waals surface area (Å²) in [5.74, 6) is 2.43. The first-order valence-electron chi connectivity index (χ1n) is 10.5. The van der Waals surface area contributed by atoms with Crippen LogP contribution in [0.25, 0.3) is 0 Å². The number of para-hydroxylation sites is 1. The van der Waals surface area contributed by atoms with E-state index >= 15 is 0 Å². The molecule has 3 rings (SSSR count). The average Bonchev–Trinajstić information content (AvgIpc) is 2.79. The van der Waals surface area contributed by atoms with Crippen molar-refractivity contribution in [1.82, 2.24) is 10.2 Å². The average molecular weight is 413 g/mol. The molecule has 6 heteroatoms. The summed E-state index contributed by atoms with van der Waals surface area (Å²) in [6, 6.07) is 15.5. The monoisotopic (exact) mass is 412 g/mol. The SMILES string of the molecule is COc1ccc(C(C)NC(=O)C2CCN(CCOc3ccccc3)CC2)cc1OC. The highest BCUT2D eigenvalue weighted by Gasteiger charge is 2.26. The number of likely N-dealkylation sites (tertiary alicyclic amines) is 1. The summed E-state index contributed by atoms with van der Waals surface area (Å²) in [7, 11) is 3.23. The van der Waals surface area contributed by atoms with Gasteiger partial charge in [-0.2, -0.15) is 0 Å². The van der Waals surface area contributed by atoms with Gasteiger partial charge in [0.05, 0.1) is 20.3 Å². The summed E-state index contributed by atoms with van der Waals surface area (Å²) in [5.41, 5.74) is 0.997. The van der Waals surface area contributed by atoms with Crippen LogP contribution >= 0.6 is 0 Å². The van der Waals surface area contributed by atoms with Crippen LogP contribution in [-0.2, 0) is 4.79 Å². The van der Waals surface area contributed by atoms with Crippen molar-refractivity contribution in [1.29, 1.82) is 0 Å². The van der Waals surface area contributed by atoms with Crippen molar-refractivity contribution in [2.75, 3.05) is 40.5 Å². The van der Waals surface area contributed by atoms with Gasteiger partial charge in [-0.1, -0.05) is 24.3 Å². The molecular formula is C24H32N2O4. The van der Waals surface area contributed by atoms with Gasteiger partial charge in [-0.3, -0.25) is 9.69 Å². The van der Waals surface area contributed by atoms with Crippen LogP contribution in [0, 0.1) is 5.92 Å². The number of methoxy groups -OCH3 is 2. The van der Waals surface area contributed by atoms with E-state index in [4.69, 9.17) is 14.2 Å². The number of carbonyl (C=O) groups excluding carboxylic acids is 1. The first-order chi connectivity index (χ1) is 14.6. The van der Waals surface area contributed by atoms with Crippen LogP contribution in [-0.4, -0.2) is 51.3 Å². The van der Waals surface area contributed by atoms with Gasteiger partial charge in [-0.25, -0.2) is 0 Å². The summed E-state index contributed by atoms with van der Waals surface area (Å²) in [4.78, 5) is 15.1. The van der Waals surface area contributed by atoms with Gasteiger partial charge in [0.1, 0.15) is 12.4 Å². The van der Waals surface area contributed by atoms with E-state index in [0.29, 0.717) is 18.1 Å². The molecule has 1 fully saturated rings. The van der Waals surface area contributed by atoms with Gasteiger partial charge in [0.2, 0.25) is 5.91 Å². The smallest absolute Gasteiger partial charge is 0.223 e. The molecule has 0 aliphatic carbocycles. The minimum atomic E-state index is -0.0883. The number of hydrogen-bond acceptors (Lipinski definition) is 5. The molecule has 1 N–H and O–H groups in total. The third kappa shape index (κ3) is 5.89. The molecule has 1 amide bonds. The number of carbonyl (C=O) groups is 1. The molecule has 6 nitrogen and oxygen atoms in total. The van der Waals surface area contributed by atoms with Crippen LogP contribution in [0.4, 0.5) is 0 Å². The maximum atomic E-state index is 12.8. The number of piperidine rings is 1. The van der Waals surface area contributed by atoms with E-state index < -0.39 is 0 Å². The molecule has 2 aromatic carbocycles. The Morgan fingerprint density at radius 1 is 1.07 bits per heavy atom. The second kappa shape index (κ2) is 10.9. The zero-order chi connectivity index (χ0) is 21.3. The second-order valence-electron chi connectivity index (χ2n) is 7.62. The number of nitrogens with one attached hydrogen (secondary N) is 1. The van der Waals surface area contributed by atoms with Gasteiger partial charge in [0.15, 0.2) is 11.5 Å². The molecule has 162 valence electrons. The van der Waals surface area contributed by atoms with Crippen molar-refractivity contribution in [2.45, 2.75) is 25.8 Å². The Balaban J connectivity index is 1.42. The van der Waals surface area contributed by atoms with E-state index in [9.17, 15) is 4.79 Å². The van der Waals surface area contributed by atoms with Crippen LogP contribution in [0.3, 0.4) is 0 Å². The first kappa shape index (κ1) is 22.0. The van der Waals surface area contributed by atoms with Gasteiger partial charge in [0.25, 0.3) is 0 Å². The van der Waals surface area contributed by atoms with Gasteiger partial charge in [-0.15, -0.1) is 0 Å². The van der Waals surface area contributed by atoms with Crippen molar-refractivity contribution in [2.24, 2.45) is 5.92 Å². The van der Waals surface area contributed by atoms with E-state index in [-0.39, 0.29) is 17.9 Å². The highest BCUT2D eigenvalue weighted by molar-refractivity contribution is 5.79. The number of ether oxygens (including phenoxy) is 3. The minimum Gasteiger partial charge on any atom is -0.493 e. The van der Waals surface area contributed by atoms with E-state index in [0.717, 1.165) is 43.8 Å². The fourth-order valence-corrected chi connectivity index (χ4v) is 3.76. The predicted octanol–water partition coefficient (Wildman–Crippen LogP) is 3.67. The van der Waals surface area contributed by atoms with Crippen LogP contribution in [0.2, 0.25) is 0 Å². The number of amides is 1. The van der Waals surface area contributed by atoms with Crippen molar-refractivity contribution in [3.63, 3.8) is 0 Å². The van der Waals surface area contributed by atoms with Crippen LogP contribution in [0.15, 0.2) is 48.5 Å². The third-order valence-electron chi connectivity index (χ3n) is 5.64. The standard InChI is InChI=1S/C24H32N2O4/c1-18(20-9-10-22(28-2)23(17-20)29-3)25-24(27)19-11-13-26(14-12-19)15-16-30-21-7-5-4-6-8-21/h4-10,17-19H,11-16H2,1-3H3,(H,25,27). The van der Waals surface area contributed by atoms with Gasteiger partial charge >= 0.3 is 0 Å². The van der Waals surface area contributed by atoms with Crippen LogP contribution in [0.1, 0.15) is 31.4 Å². The van der Waals surface area contributed by atoms with E-state index in [1.54, 1.807) is 14.2 Å². The topological polar surface area (TPSA) is 60.0 Å².